The zero-order chi connectivity index (χ0) is 29.1. The second-order valence-electron chi connectivity index (χ2n) is 10.6. The van der Waals surface area contributed by atoms with Crippen molar-refractivity contribution >= 4 is 16.1 Å². The van der Waals surface area contributed by atoms with Gasteiger partial charge in [0.25, 0.3) is 10.1 Å². The summed E-state index contributed by atoms with van der Waals surface area (Å²) in [7, 11) is -4.53. The molecule has 1 aliphatic rings. The van der Waals surface area contributed by atoms with Crippen molar-refractivity contribution in [2.45, 2.75) is 146 Å². The standard InChI is InChI=1S/C27H52O11S/c1-2-3-4-5-6-7-8-9-10-11-12-13-14-15-16-17-23(29)36-18-21(28)19-37-27-26(32)25(31)24(30)22(38-27)20-39(33,34)35/h21-22,24-28,30-32H,2-20H2,1H3,(H,33,34,35)/t21?,22-,24+,25+,26-,27?/m1/s1. The Kier molecular flexibility index (Phi) is 19.4. The second kappa shape index (κ2) is 20.9. The maximum absolute atomic E-state index is 11.9. The Hall–Kier alpha value is -0.860. The van der Waals surface area contributed by atoms with Crippen LogP contribution in [-0.4, -0.2) is 95.1 Å². The van der Waals surface area contributed by atoms with Gasteiger partial charge >= 0.3 is 5.97 Å². The van der Waals surface area contributed by atoms with E-state index in [1.807, 2.05) is 0 Å². The molecule has 39 heavy (non-hydrogen) atoms. The van der Waals surface area contributed by atoms with Crippen LogP contribution in [0.5, 0.6) is 0 Å². The number of carbonyl (C=O) groups is 1. The lowest BCUT2D eigenvalue weighted by molar-refractivity contribution is -0.296. The van der Waals surface area contributed by atoms with Crippen molar-refractivity contribution in [3.05, 3.63) is 0 Å². The highest BCUT2D eigenvalue weighted by Crippen LogP contribution is 2.23. The van der Waals surface area contributed by atoms with Gasteiger partial charge in [-0.1, -0.05) is 96.8 Å². The molecule has 2 unspecified atom stereocenters. The fourth-order valence-electron chi connectivity index (χ4n) is 4.56. The molecule has 1 saturated heterocycles. The molecule has 11 nitrogen and oxygen atoms in total. The fourth-order valence-corrected chi connectivity index (χ4v) is 5.25. The number of unbranched alkanes of at least 4 members (excludes halogenated alkanes) is 14. The summed E-state index contributed by atoms with van der Waals surface area (Å²) < 4.78 is 46.4. The van der Waals surface area contributed by atoms with Gasteiger partial charge in [-0.25, -0.2) is 0 Å². The molecule has 0 spiro atoms. The summed E-state index contributed by atoms with van der Waals surface area (Å²) in [5.74, 6) is -1.46. The topological polar surface area (TPSA) is 180 Å². The first-order valence-electron chi connectivity index (χ1n) is 14.6. The molecule has 0 aromatic rings. The van der Waals surface area contributed by atoms with Gasteiger partial charge < -0.3 is 34.6 Å². The van der Waals surface area contributed by atoms with Crippen molar-refractivity contribution in [2.75, 3.05) is 19.0 Å². The first kappa shape index (κ1) is 36.2. The molecule has 0 aromatic carbocycles. The summed E-state index contributed by atoms with van der Waals surface area (Å²) >= 11 is 0. The molecule has 0 radical (unpaired) electrons. The van der Waals surface area contributed by atoms with Crippen LogP contribution in [-0.2, 0) is 29.1 Å². The van der Waals surface area contributed by atoms with E-state index in [2.05, 4.69) is 6.92 Å². The summed E-state index contributed by atoms with van der Waals surface area (Å²) in [4.78, 5) is 11.9. The lowest BCUT2D eigenvalue weighted by Crippen LogP contribution is -2.60. The van der Waals surface area contributed by atoms with Crippen LogP contribution in [0.4, 0.5) is 0 Å². The third kappa shape index (κ3) is 17.5. The molecule has 0 aromatic heterocycles. The Morgan fingerprint density at radius 2 is 1.26 bits per heavy atom. The summed E-state index contributed by atoms with van der Waals surface area (Å²) in [5, 5.41) is 39.7. The fraction of sp³-hybridized carbons (Fsp3) is 0.963. The minimum absolute atomic E-state index is 0.248. The van der Waals surface area contributed by atoms with Gasteiger partial charge in [0.05, 0.1) is 6.61 Å². The highest BCUT2D eigenvalue weighted by molar-refractivity contribution is 7.85. The van der Waals surface area contributed by atoms with E-state index >= 15 is 0 Å². The zero-order valence-corrected chi connectivity index (χ0v) is 24.3. The van der Waals surface area contributed by atoms with Gasteiger partial charge in [0, 0.05) is 6.42 Å². The van der Waals surface area contributed by atoms with E-state index in [0.717, 1.165) is 19.3 Å². The number of esters is 1. The summed E-state index contributed by atoms with van der Waals surface area (Å²) in [6, 6.07) is 0. The molecule has 12 heteroatoms. The first-order valence-corrected chi connectivity index (χ1v) is 16.3. The Morgan fingerprint density at radius 1 is 0.769 bits per heavy atom. The number of aliphatic hydroxyl groups is 4. The first-order chi connectivity index (χ1) is 18.5. The van der Waals surface area contributed by atoms with Crippen LogP contribution in [0.15, 0.2) is 0 Å². The van der Waals surface area contributed by atoms with Crippen LogP contribution < -0.4 is 0 Å². The van der Waals surface area contributed by atoms with Crippen LogP contribution in [0.3, 0.4) is 0 Å². The Labute approximate surface area is 234 Å². The highest BCUT2D eigenvalue weighted by atomic mass is 32.2. The SMILES string of the molecule is CCCCCCCCCCCCCCCCCC(=O)OCC(O)COC1O[C@H](CS(=O)(=O)O)[C@H](O)[C@H](O)[C@H]1O. The number of ether oxygens (including phenoxy) is 3. The monoisotopic (exact) mass is 584 g/mol. The van der Waals surface area contributed by atoms with Gasteiger partial charge in [-0.05, 0) is 6.42 Å². The van der Waals surface area contributed by atoms with E-state index in [9.17, 15) is 33.6 Å². The van der Waals surface area contributed by atoms with Gasteiger partial charge in [-0.3, -0.25) is 9.35 Å². The Morgan fingerprint density at radius 3 is 1.74 bits per heavy atom. The number of hydrogen-bond donors (Lipinski definition) is 5. The third-order valence-electron chi connectivity index (χ3n) is 6.92. The minimum Gasteiger partial charge on any atom is -0.463 e. The maximum Gasteiger partial charge on any atom is 0.305 e. The third-order valence-corrected chi connectivity index (χ3v) is 7.67. The van der Waals surface area contributed by atoms with Crippen LogP contribution in [0.2, 0.25) is 0 Å². The average Bonchev–Trinajstić information content (AvgIpc) is 2.88. The molecule has 232 valence electrons. The van der Waals surface area contributed by atoms with Crippen molar-refractivity contribution in [3.63, 3.8) is 0 Å². The largest absolute Gasteiger partial charge is 0.463 e. The number of carbonyl (C=O) groups excluding carboxylic acids is 1. The maximum atomic E-state index is 11.9. The number of hydrogen-bond acceptors (Lipinski definition) is 10. The van der Waals surface area contributed by atoms with Gasteiger partial charge in [0.15, 0.2) is 6.29 Å². The predicted molar refractivity (Wildman–Crippen MR) is 146 cm³/mol. The van der Waals surface area contributed by atoms with Crippen LogP contribution in [0.1, 0.15) is 110 Å². The smallest absolute Gasteiger partial charge is 0.305 e. The van der Waals surface area contributed by atoms with Gasteiger partial charge in [0.1, 0.15) is 42.9 Å². The summed E-state index contributed by atoms with van der Waals surface area (Å²) in [6.45, 7) is 1.45. The van der Waals surface area contributed by atoms with Gasteiger partial charge in [0.2, 0.25) is 0 Å². The van der Waals surface area contributed by atoms with E-state index in [0.29, 0.717) is 6.42 Å². The summed E-state index contributed by atoms with van der Waals surface area (Å²) in [5.41, 5.74) is 0. The van der Waals surface area contributed by atoms with Gasteiger partial charge in [-0.2, -0.15) is 8.42 Å². The van der Waals surface area contributed by atoms with Crippen LogP contribution >= 0.6 is 0 Å². The molecular weight excluding hydrogens is 532 g/mol. The molecule has 5 N–H and O–H groups in total. The van der Waals surface area contributed by atoms with Crippen molar-refractivity contribution in [1.82, 2.24) is 0 Å². The second-order valence-corrected chi connectivity index (χ2v) is 12.1. The molecule has 1 heterocycles. The molecule has 0 saturated carbocycles. The van der Waals surface area contributed by atoms with Crippen molar-refractivity contribution < 1.29 is 52.4 Å². The molecular formula is C27H52O11S. The van der Waals surface area contributed by atoms with E-state index in [-0.39, 0.29) is 13.0 Å². The average molecular weight is 585 g/mol. The molecule has 0 aliphatic carbocycles. The quantitative estimate of drug-likeness (QED) is 0.0677. The Bertz CT molecular complexity index is 733. The molecule has 1 rings (SSSR count). The Balaban J connectivity index is 2.05. The minimum atomic E-state index is -4.53. The molecule has 0 amide bonds. The van der Waals surface area contributed by atoms with E-state index in [1.165, 1.54) is 70.6 Å². The molecule has 1 fully saturated rings. The molecule has 0 bridgehead atoms. The van der Waals surface area contributed by atoms with E-state index in [1.54, 1.807) is 0 Å². The van der Waals surface area contributed by atoms with Gasteiger partial charge in [-0.15, -0.1) is 0 Å². The molecule has 1 aliphatic heterocycles. The lowest BCUT2D eigenvalue weighted by atomic mass is 10.00. The summed E-state index contributed by atoms with van der Waals surface area (Å²) in [6.07, 6.45) is 9.05. The van der Waals surface area contributed by atoms with E-state index < -0.39 is 65.3 Å². The number of aliphatic hydroxyl groups excluding tert-OH is 4. The number of rotatable bonds is 23. The van der Waals surface area contributed by atoms with E-state index in [4.69, 9.17) is 18.8 Å². The van der Waals surface area contributed by atoms with Crippen LogP contribution in [0.25, 0.3) is 0 Å². The lowest BCUT2D eigenvalue weighted by Gasteiger charge is -2.40. The zero-order valence-electron chi connectivity index (χ0n) is 23.5. The van der Waals surface area contributed by atoms with Crippen LogP contribution in [0, 0.1) is 0 Å². The van der Waals surface area contributed by atoms with Crippen molar-refractivity contribution in [2.24, 2.45) is 0 Å². The van der Waals surface area contributed by atoms with Crippen molar-refractivity contribution in [3.8, 4) is 0 Å². The molecule has 6 atom stereocenters. The highest BCUT2D eigenvalue weighted by Gasteiger charge is 2.45. The van der Waals surface area contributed by atoms with Crippen molar-refractivity contribution in [1.29, 1.82) is 0 Å². The normalized spacial score (nSPS) is 24.5. The predicted octanol–water partition coefficient (Wildman–Crippen LogP) is 2.86.